The Morgan fingerprint density at radius 3 is 2.40 bits per heavy atom. The Morgan fingerprint density at radius 2 is 1.70 bits per heavy atom. The second-order valence-corrected chi connectivity index (χ2v) is 7.62. The molecular formula is C23H28N4O3. The quantitative estimate of drug-likeness (QED) is 0.594. The Labute approximate surface area is 177 Å². The zero-order valence-electron chi connectivity index (χ0n) is 17.8. The van der Waals surface area contributed by atoms with Crippen LogP contribution in [0.2, 0.25) is 0 Å². The van der Waals surface area contributed by atoms with Gasteiger partial charge in [-0.15, -0.1) is 0 Å². The van der Waals surface area contributed by atoms with Crippen LogP contribution < -0.4 is 9.47 Å². The van der Waals surface area contributed by atoms with Crippen LogP contribution in [0.3, 0.4) is 0 Å². The molecule has 0 unspecified atom stereocenters. The summed E-state index contributed by atoms with van der Waals surface area (Å²) in [5.74, 6) is 2.53. The maximum atomic E-state index is 5.51. The molecular weight excluding hydrogens is 380 g/mol. The molecule has 7 nitrogen and oxygen atoms in total. The summed E-state index contributed by atoms with van der Waals surface area (Å²) in [5.41, 5.74) is 3.47. The van der Waals surface area contributed by atoms with Gasteiger partial charge in [-0.05, 0) is 24.6 Å². The molecule has 2 aromatic carbocycles. The summed E-state index contributed by atoms with van der Waals surface area (Å²) in [4.78, 5) is 9.43. The first-order valence-electron chi connectivity index (χ1n) is 10.2. The highest BCUT2D eigenvalue weighted by atomic mass is 16.5. The van der Waals surface area contributed by atoms with Crippen LogP contribution in [0.5, 0.6) is 11.5 Å². The van der Waals surface area contributed by atoms with E-state index >= 15 is 0 Å². The topological polar surface area (TPSA) is 63.9 Å². The van der Waals surface area contributed by atoms with Gasteiger partial charge in [0.05, 0.1) is 26.3 Å². The van der Waals surface area contributed by atoms with Crippen LogP contribution in [0.4, 0.5) is 0 Å². The van der Waals surface area contributed by atoms with Crippen LogP contribution >= 0.6 is 0 Å². The normalized spacial score (nSPS) is 15.3. The minimum Gasteiger partial charge on any atom is -0.497 e. The minimum absolute atomic E-state index is 0.530. The maximum Gasteiger partial charge on any atom is 0.241 e. The molecule has 1 aliphatic rings. The summed E-state index contributed by atoms with van der Waals surface area (Å²) in [7, 11) is 3.25. The van der Waals surface area contributed by atoms with Crippen molar-refractivity contribution in [1.82, 2.24) is 19.9 Å². The zero-order chi connectivity index (χ0) is 20.9. The van der Waals surface area contributed by atoms with Gasteiger partial charge in [-0.2, -0.15) is 4.98 Å². The van der Waals surface area contributed by atoms with Gasteiger partial charge in [0.2, 0.25) is 11.7 Å². The number of aromatic nitrogens is 2. The van der Waals surface area contributed by atoms with E-state index in [1.54, 1.807) is 14.2 Å². The van der Waals surface area contributed by atoms with E-state index < -0.39 is 0 Å². The molecule has 1 aliphatic heterocycles. The Kier molecular flexibility index (Phi) is 6.30. The lowest BCUT2D eigenvalue weighted by molar-refractivity contribution is 0.112. The molecule has 0 saturated carbocycles. The first kappa shape index (κ1) is 20.4. The predicted molar refractivity (Wildman–Crippen MR) is 115 cm³/mol. The van der Waals surface area contributed by atoms with Crippen molar-refractivity contribution in [2.75, 3.05) is 40.4 Å². The van der Waals surface area contributed by atoms with E-state index in [0.717, 1.165) is 44.0 Å². The van der Waals surface area contributed by atoms with E-state index in [1.165, 1.54) is 11.1 Å². The van der Waals surface area contributed by atoms with Gasteiger partial charge in [0.25, 0.3) is 0 Å². The van der Waals surface area contributed by atoms with Gasteiger partial charge in [0.15, 0.2) is 0 Å². The van der Waals surface area contributed by atoms with Gasteiger partial charge >= 0.3 is 0 Å². The van der Waals surface area contributed by atoms with Gasteiger partial charge < -0.3 is 14.0 Å². The van der Waals surface area contributed by atoms with Crippen molar-refractivity contribution in [3.05, 3.63) is 59.5 Å². The molecule has 0 bridgehead atoms. The number of aryl methyl sites for hydroxylation is 1. The lowest BCUT2D eigenvalue weighted by atomic mass is 10.1. The average molecular weight is 409 g/mol. The number of hydrogen-bond donors (Lipinski definition) is 0. The summed E-state index contributed by atoms with van der Waals surface area (Å²) < 4.78 is 16.2. The number of piperazine rings is 1. The minimum atomic E-state index is 0.530. The zero-order valence-corrected chi connectivity index (χ0v) is 17.8. The first-order valence-corrected chi connectivity index (χ1v) is 10.2. The molecule has 3 aromatic rings. The molecule has 0 radical (unpaired) electrons. The highest BCUT2D eigenvalue weighted by Crippen LogP contribution is 2.31. The number of rotatable bonds is 7. The Balaban J connectivity index is 1.34. The Morgan fingerprint density at radius 1 is 0.933 bits per heavy atom. The molecule has 2 heterocycles. The number of hydrogen-bond acceptors (Lipinski definition) is 7. The second-order valence-electron chi connectivity index (χ2n) is 7.62. The summed E-state index contributed by atoms with van der Waals surface area (Å²) in [6, 6.07) is 14.3. The van der Waals surface area contributed by atoms with E-state index in [4.69, 9.17) is 14.0 Å². The van der Waals surface area contributed by atoms with Crippen molar-refractivity contribution in [3.63, 3.8) is 0 Å². The second kappa shape index (κ2) is 9.28. The monoisotopic (exact) mass is 408 g/mol. The molecule has 7 heteroatoms. The highest BCUT2D eigenvalue weighted by Gasteiger charge is 2.20. The van der Waals surface area contributed by atoms with Crippen LogP contribution in [0.1, 0.15) is 17.0 Å². The third kappa shape index (κ3) is 4.80. The number of methoxy groups -OCH3 is 2. The fraction of sp³-hybridized carbons (Fsp3) is 0.391. The number of benzene rings is 2. The van der Waals surface area contributed by atoms with Gasteiger partial charge in [0, 0.05) is 38.8 Å². The molecule has 4 rings (SSSR count). The number of ether oxygens (including phenoxy) is 2. The number of nitrogens with zero attached hydrogens (tertiary/aromatic N) is 4. The van der Waals surface area contributed by atoms with E-state index in [1.807, 2.05) is 18.2 Å². The smallest absolute Gasteiger partial charge is 0.241 e. The predicted octanol–water partition coefficient (Wildman–Crippen LogP) is 3.38. The van der Waals surface area contributed by atoms with Gasteiger partial charge in [-0.3, -0.25) is 9.80 Å². The van der Waals surface area contributed by atoms with Gasteiger partial charge in [-0.1, -0.05) is 35.0 Å². The Bertz CT molecular complexity index is 980. The lowest BCUT2D eigenvalue weighted by Gasteiger charge is -2.33. The van der Waals surface area contributed by atoms with Crippen molar-refractivity contribution in [1.29, 1.82) is 0 Å². The van der Waals surface area contributed by atoms with E-state index in [0.29, 0.717) is 24.0 Å². The largest absolute Gasteiger partial charge is 0.497 e. The molecule has 0 amide bonds. The van der Waals surface area contributed by atoms with Crippen LogP contribution in [-0.2, 0) is 13.1 Å². The van der Waals surface area contributed by atoms with Crippen molar-refractivity contribution >= 4 is 0 Å². The molecule has 1 aromatic heterocycles. The summed E-state index contributed by atoms with van der Waals surface area (Å²) in [5, 5.41) is 4.15. The Hall–Kier alpha value is -2.90. The molecule has 0 atom stereocenters. The summed E-state index contributed by atoms with van der Waals surface area (Å²) in [6.07, 6.45) is 0. The van der Waals surface area contributed by atoms with Gasteiger partial charge in [-0.25, -0.2) is 0 Å². The van der Waals surface area contributed by atoms with Gasteiger partial charge in [0.1, 0.15) is 11.5 Å². The highest BCUT2D eigenvalue weighted by molar-refractivity contribution is 5.65. The standard InChI is InChI=1S/C23H28N4O3/c1-17-5-4-6-18(13-17)15-26-9-11-27(12-10-26)16-22-24-23(25-30-22)20-8-7-19(28-2)14-21(20)29-3/h4-8,13-14H,9-12,15-16H2,1-3H3. The molecule has 0 spiro atoms. The molecule has 0 N–H and O–H groups in total. The molecule has 0 aliphatic carbocycles. The molecule has 30 heavy (non-hydrogen) atoms. The molecule has 158 valence electrons. The fourth-order valence-corrected chi connectivity index (χ4v) is 3.78. The van der Waals surface area contributed by atoms with Crippen LogP contribution in [0, 0.1) is 6.92 Å². The van der Waals surface area contributed by atoms with Crippen molar-refractivity contribution in [2.45, 2.75) is 20.0 Å². The van der Waals surface area contributed by atoms with Crippen LogP contribution in [0.15, 0.2) is 47.0 Å². The fourth-order valence-electron chi connectivity index (χ4n) is 3.78. The van der Waals surface area contributed by atoms with Crippen molar-refractivity contribution < 1.29 is 14.0 Å². The molecule has 1 fully saturated rings. The third-order valence-corrected chi connectivity index (χ3v) is 5.43. The first-order chi connectivity index (χ1) is 14.6. The van der Waals surface area contributed by atoms with E-state index in [9.17, 15) is 0 Å². The summed E-state index contributed by atoms with van der Waals surface area (Å²) in [6.45, 7) is 7.82. The lowest BCUT2D eigenvalue weighted by Crippen LogP contribution is -2.45. The summed E-state index contributed by atoms with van der Waals surface area (Å²) >= 11 is 0. The van der Waals surface area contributed by atoms with Crippen molar-refractivity contribution in [2.24, 2.45) is 0 Å². The maximum absolute atomic E-state index is 5.51. The van der Waals surface area contributed by atoms with Crippen LogP contribution in [-0.4, -0.2) is 60.3 Å². The SMILES string of the molecule is COc1ccc(-c2noc(CN3CCN(Cc4cccc(C)c4)CC3)n2)c(OC)c1. The van der Waals surface area contributed by atoms with E-state index in [-0.39, 0.29) is 0 Å². The third-order valence-electron chi connectivity index (χ3n) is 5.43. The van der Waals surface area contributed by atoms with Crippen molar-refractivity contribution in [3.8, 4) is 22.9 Å². The van der Waals surface area contributed by atoms with Crippen LogP contribution in [0.25, 0.3) is 11.4 Å². The average Bonchev–Trinajstić information content (AvgIpc) is 3.23. The molecule has 1 saturated heterocycles. The van der Waals surface area contributed by atoms with E-state index in [2.05, 4.69) is 51.1 Å².